The Morgan fingerprint density at radius 2 is 0.619 bits per heavy atom. The zero-order chi connectivity index (χ0) is 45.2. The standard InChI is InChI=1S/C49H50N2O12/c1-56-38-13-9-30(21-42(38)60-5)17-34-26-50(27-35(48(34)54)18-31-10-14-39(57-2)43(22-31)61-6)46(52)25-47(53)51-28-36(19-32-11-15-40(58-3)44(23-32)62-7)49(55)37(29-51)20-33-12-16-41(59-4)45(24-33)63-8/h9-24H,25-29H2,1-8H3/b34-17+,35-18+,36-19+,37-20+. The van der Waals surface area contributed by atoms with Gasteiger partial charge in [0.05, 0.1) is 56.9 Å². The second-order valence-electron chi connectivity index (χ2n) is 14.5. The van der Waals surface area contributed by atoms with Crippen molar-refractivity contribution in [2.45, 2.75) is 6.42 Å². The van der Waals surface area contributed by atoms with Gasteiger partial charge >= 0.3 is 0 Å². The van der Waals surface area contributed by atoms with E-state index in [4.69, 9.17) is 37.9 Å². The number of piperidine rings is 2. The van der Waals surface area contributed by atoms with Gasteiger partial charge in [0.2, 0.25) is 11.8 Å². The Morgan fingerprint density at radius 3 is 0.825 bits per heavy atom. The molecule has 6 rings (SSSR count). The molecule has 0 aliphatic carbocycles. The number of hydrogen-bond donors (Lipinski definition) is 0. The van der Waals surface area contributed by atoms with E-state index in [1.165, 1.54) is 66.7 Å². The molecular formula is C49H50N2O12. The fourth-order valence-electron chi connectivity index (χ4n) is 7.36. The van der Waals surface area contributed by atoms with Crippen LogP contribution in [-0.2, 0) is 19.2 Å². The summed E-state index contributed by atoms with van der Waals surface area (Å²) in [6.45, 7) is -0.238. The molecule has 63 heavy (non-hydrogen) atoms. The van der Waals surface area contributed by atoms with Crippen molar-refractivity contribution < 1.29 is 57.1 Å². The molecular weight excluding hydrogens is 809 g/mol. The third-order valence-corrected chi connectivity index (χ3v) is 10.6. The first kappa shape index (κ1) is 45.1. The number of nitrogens with zero attached hydrogens (tertiary/aromatic N) is 2. The van der Waals surface area contributed by atoms with Crippen LogP contribution in [0.3, 0.4) is 0 Å². The number of amides is 2. The van der Waals surface area contributed by atoms with E-state index in [-0.39, 0.29) is 37.7 Å². The highest BCUT2D eigenvalue weighted by Crippen LogP contribution is 2.34. The first-order chi connectivity index (χ1) is 30.4. The van der Waals surface area contributed by atoms with E-state index in [2.05, 4.69) is 0 Å². The minimum absolute atomic E-state index is 0.0596. The van der Waals surface area contributed by atoms with Crippen LogP contribution in [0.15, 0.2) is 95.1 Å². The Labute approximate surface area is 366 Å². The van der Waals surface area contributed by atoms with Gasteiger partial charge in [0.1, 0.15) is 6.42 Å². The summed E-state index contributed by atoms with van der Waals surface area (Å²) in [5.41, 5.74) is 3.88. The third-order valence-electron chi connectivity index (χ3n) is 10.6. The number of methoxy groups -OCH3 is 8. The fraction of sp³-hybridized carbons (Fsp3) is 0.265. The molecule has 14 heteroatoms. The summed E-state index contributed by atoms with van der Waals surface area (Å²) in [5, 5.41) is 0. The normalized spacial score (nSPS) is 16.6. The zero-order valence-electron chi connectivity index (χ0n) is 36.6. The van der Waals surface area contributed by atoms with Crippen LogP contribution in [0.1, 0.15) is 28.7 Å². The molecule has 0 N–H and O–H groups in total. The molecule has 0 atom stereocenters. The molecule has 4 aromatic carbocycles. The van der Waals surface area contributed by atoms with Crippen molar-refractivity contribution in [1.29, 1.82) is 0 Å². The number of rotatable bonds is 14. The molecule has 2 fully saturated rings. The van der Waals surface area contributed by atoms with Gasteiger partial charge in [-0.1, -0.05) is 24.3 Å². The predicted octanol–water partition coefficient (Wildman–Crippen LogP) is 6.60. The van der Waals surface area contributed by atoms with Crippen molar-refractivity contribution >= 4 is 47.7 Å². The third kappa shape index (κ3) is 10.4. The van der Waals surface area contributed by atoms with Gasteiger partial charge in [0.25, 0.3) is 0 Å². The first-order valence-electron chi connectivity index (χ1n) is 19.8. The lowest BCUT2D eigenvalue weighted by Gasteiger charge is -2.32. The summed E-state index contributed by atoms with van der Waals surface area (Å²) >= 11 is 0. The van der Waals surface area contributed by atoms with Crippen molar-refractivity contribution in [2.75, 3.05) is 83.1 Å². The van der Waals surface area contributed by atoms with Crippen molar-refractivity contribution in [3.05, 3.63) is 117 Å². The van der Waals surface area contributed by atoms with Crippen molar-refractivity contribution in [1.82, 2.24) is 9.80 Å². The number of ketones is 2. The number of carbonyl (C=O) groups is 4. The van der Waals surface area contributed by atoms with E-state index in [0.29, 0.717) is 90.5 Å². The summed E-state index contributed by atoms with van der Waals surface area (Å²) in [4.78, 5) is 59.8. The van der Waals surface area contributed by atoms with Gasteiger partial charge in [0.15, 0.2) is 57.6 Å². The van der Waals surface area contributed by atoms with Gasteiger partial charge in [-0.15, -0.1) is 0 Å². The van der Waals surface area contributed by atoms with Gasteiger partial charge in [-0.2, -0.15) is 0 Å². The smallest absolute Gasteiger partial charge is 0.232 e. The van der Waals surface area contributed by atoms with E-state index in [0.717, 1.165) is 0 Å². The Bertz CT molecular complexity index is 2210. The molecule has 0 saturated carbocycles. The largest absolute Gasteiger partial charge is 0.493 e. The Morgan fingerprint density at radius 1 is 0.397 bits per heavy atom. The van der Waals surface area contributed by atoms with Crippen molar-refractivity contribution in [2.24, 2.45) is 0 Å². The second kappa shape index (κ2) is 20.4. The monoisotopic (exact) mass is 858 g/mol. The van der Waals surface area contributed by atoms with Gasteiger partial charge in [-0.25, -0.2) is 0 Å². The van der Waals surface area contributed by atoms with Crippen LogP contribution >= 0.6 is 0 Å². The summed E-state index contributed by atoms with van der Waals surface area (Å²) in [7, 11) is 12.2. The Kier molecular flexibility index (Phi) is 14.6. The Balaban J connectivity index is 1.34. The Hall–Kier alpha value is -7.48. The molecule has 2 saturated heterocycles. The maximum atomic E-state index is 14.3. The van der Waals surface area contributed by atoms with Gasteiger partial charge in [-0.05, 0) is 95.1 Å². The van der Waals surface area contributed by atoms with E-state index >= 15 is 0 Å². The lowest BCUT2D eigenvalue weighted by Crippen LogP contribution is -2.46. The van der Waals surface area contributed by atoms with Crippen LogP contribution < -0.4 is 37.9 Å². The average Bonchev–Trinajstić information content (AvgIpc) is 3.30. The van der Waals surface area contributed by atoms with Crippen LogP contribution in [0.4, 0.5) is 0 Å². The second-order valence-corrected chi connectivity index (χ2v) is 14.5. The molecule has 0 bridgehead atoms. The SMILES string of the molecule is COc1ccc(/C=C2\CN(C(=O)CC(=O)N3C/C(=C\c4ccc(OC)c(OC)c4)C(=O)/C(=C/c4ccc(OC)c(OC)c4)C3)C/C(=C\c3ccc(OC)c(OC)c3)C2=O)cc1OC. The molecule has 4 aromatic rings. The van der Waals surface area contributed by atoms with Gasteiger partial charge in [-0.3, -0.25) is 19.2 Å². The molecule has 2 aliphatic heterocycles. The van der Waals surface area contributed by atoms with Crippen LogP contribution in [0, 0.1) is 0 Å². The number of carbonyl (C=O) groups excluding carboxylic acids is 4. The molecule has 328 valence electrons. The van der Waals surface area contributed by atoms with Gasteiger partial charge < -0.3 is 47.7 Å². The fourth-order valence-corrected chi connectivity index (χ4v) is 7.36. The summed E-state index contributed by atoms with van der Waals surface area (Å²) in [6.07, 6.45) is 6.26. The molecule has 0 unspecified atom stereocenters. The maximum Gasteiger partial charge on any atom is 0.232 e. The van der Waals surface area contributed by atoms with Crippen LogP contribution in [0.25, 0.3) is 24.3 Å². The average molecular weight is 859 g/mol. The number of ether oxygens (including phenoxy) is 8. The quantitative estimate of drug-likeness (QED) is 0.0994. The minimum atomic E-state index is -0.525. The maximum absolute atomic E-state index is 14.3. The summed E-state index contributed by atoms with van der Waals surface area (Å²) < 4.78 is 43.6. The predicted molar refractivity (Wildman–Crippen MR) is 238 cm³/mol. The molecule has 0 spiro atoms. The lowest BCUT2D eigenvalue weighted by molar-refractivity contribution is -0.140. The number of benzene rings is 4. The van der Waals surface area contributed by atoms with E-state index in [1.54, 1.807) is 97.1 Å². The first-order valence-corrected chi connectivity index (χ1v) is 19.8. The van der Waals surface area contributed by atoms with E-state index in [9.17, 15) is 19.2 Å². The highest BCUT2D eigenvalue weighted by atomic mass is 16.5. The topological polar surface area (TPSA) is 149 Å². The van der Waals surface area contributed by atoms with Crippen LogP contribution in [0.5, 0.6) is 46.0 Å². The highest BCUT2D eigenvalue weighted by molar-refractivity contribution is 6.17. The molecule has 0 radical (unpaired) electrons. The molecule has 0 aromatic heterocycles. The lowest BCUT2D eigenvalue weighted by atomic mass is 9.93. The molecule has 14 nitrogen and oxygen atoms in total. The summed E-state index contributed by atoms with van der Waals surface area (Å²) in [5.74, 6) is 2.39. The molecule has 2 aliphatic rings. The van der Waals surface area contributed by atoms with E-state index in [1.807, 2.05) is 0 Å². The van der Waals surface area contributed by atoms with E-state index < -0.39 is 18.2 Å². The van der Waals surface area contributed by atoms with Crippen LogP contribution in [-0.4, -0.2) is 116 Å². The minimum Gasteiger partial charge on any atom is -0.493 e. The number of hydrogen-bond acceptors (Lipinski definition) is 12. The molecule has 2 heterocycles. The zero-order valence-corrected chi connectivity index (χ0v) is 36.6. The van der Waals surface area contributed by atoms with Gasteiger partial charge in [0, 0.05) is 48.5 Å². The van der Waals surface area contributed by atoms with Crippen LogP contribution in [0.2, 0.25) is 0 Å². The number of Topliss-reactive ketones (excluding diaryl/α,β-unsaturated/α-hetero) is 2. The summed E-state index contributed by atoms with van der Waals surface area (Å²) in [6, 6.07) is 21.0. The van der Waals surface area contributed by atoms with Crippen molar-refractivity contribution in [3.63, 3.8) is 0 Å². The number of likely N-dealkylation sites (tertiary alicyclic amines) is 2. The van der Waals surface area contributed by atoms with Crippen molar-refractivity contribution in [3.8, 4) is 46.0 Å². The molecule has 2 amide bonds. The highest BCUT2D eigenvalue weighted by Gasteiger charge is 2.34.